The summed E-state index contributed by atoms with van der Waals surface area (Å²) < 4.78 is 0. The van der Waals surface area contributed by atoms with E-state index in [-0.39, 0.29) is 5.54 Å². The fourth-order valence-corrected chi connectivity index (χ4v) is 2.30. The highest BCUT2D eigenvalue weighted by molar-refractivity contribution is 6.17. The van der Waals surface area contributed by atoms with Gasteiger partial charge in [-0.25, -0.2) is 9.97 Å². The maximum atomic E-state index is 5.81. The lowest BCUT2D eigenvalue weighted by atomic mass is 10.0. The van der Waals surface area contributed by atoms with Crippen LogP contribution in [0, 0.1) is 6.92 Å². The van der Waals surface area contributed by atoms with E-state index < -0.39 is 0 Å². The second-order valence-corrected chi connectivity index (χ2v) is 5.47. The van der Waals surface area contributed by atoms with E-state index in [1.807, 2.05) is 31.2 Å². The summed E-state index contributed by atoms with van der Waals surface area (Å²) in [7, 11) is 0. The molecule has 0 aliphatic heterocycles. The Morgan fingerprint density at radius 3 is 2.39 bits per heavy atom. The van der Waals surface area contributed by atoms with Gasteiger partial charge in [0.15, 0.2) is 0 Å². The number of aryl methyl sites for hydroxylation is 1. The van der Waals surface area contributed by atoms with Crippen molar-refractivity contribution in [2.24, 2.45) is 0 Å². The number of nitrogens with one attached hydrogen (secondary N) is 1. The van der Waals surface area contributed by atoms with Crippen molar-refractivity contribution < 1.29 is 0 Å². The van der Waals surface area contributed by atoms with Crippen LogP contribution in [-0.4, -0.2) is 21.4 Å². The Labute approximate surface area is 113 Å². The molecule has 0 unspecified atom stereocenters. The number of alkyl halides is 1. The zero-order valence-electron chi connectivity index (χ0n) is 11.0. The predicted octanol–water partition coefficient (Wildman–Crippen LogP) is 3.76. The van der Waals surface area contributed by atoms with E-state index in [2.05, 4.69) is 29.1 Å². The van der Waals surface area contributed by atoms with E-state index in [0.29, 0.717) is 5.88 Å². The fourth-order valence-electron chi connectivity index (χ4n) is 1.83. The highest BCUT2D eigenvalue weighted by atomic mass is 35.5. The summed E-state index contributed by atoms with van der Waals surface area (Å²) in [5, 5.41) is 3.42. The summed E-state index contributed by atoms with van der Waals surface area (Å²) in [5.41, 5.74) is 2.67. The number of benzene rings is 1. The van der Waals surface area contributed by atoms with Crippen molar-refractivity contribution in [1.29, 1.82) is 0 Å². The minimum Gasteiger partial charge on any atom is -0.364 e. The van der Waals surface area contributed by atoms with Gasteiger partial charge in [-0.3, -0.25) is 0 Å². The minimum absolute atomic E-state index is 0.0797. The van der Waals surface area contributed by atoms with Crippen LogP contribution >= 0.6 is 11.6 Å². The molecule has 0 bridgehead atoms. The van der Waals surface area contributed by atoms with Gasteiger partial charge in [-0.05, 0) is 39.3 Å². The van der Waals surface area contributed by atoms with Gasteiger partial charge >= 0.3 is 0 Å². The fraction of sp³-hybridized carbons (Fsp3) is 0.429. The third kappa shape index (κ3) is 2.91. The van der Waals surface area contributed by atoms with Crippen LogP contribution in [0.25, 0.3) is 11.0 Å². The number of hydrogen-bond donors (Lipinski definition) is 1. The van der Waals surface area contributed by atoms with E-state index in [1.54, 1.807) is 0 Å². The number of fused-ring (bicyclic) bond motifs is 1. The number of aromatic nitrogens is 2. The van der Waals surface area contributed by atoms with E-state index in [0.717, 1.165) is 29.0 Å². The summed E-state index contributed by atoms with van der Waals surface area (Å²) in [6, 6.07) is 7.89. The Balaban J connectivity index is 2.36. The van der Waals surface area contributed by atoms with Crippen molar-refractivity contribution in [3.8, 4) is 0 Å². The van der Waals surface area contributed by atoms with E-state index in [9.17, 15) is 0 Å². The lowest BCUT2D eigenvalue weighted by Crippen LogP contribution is -2.32. The molecule has 96 valence electrons. The molecule has 1 heterocycles. The third-order valence-electron chi connectivity index (χ3n) is 2.92. The van der Waals surface area contributed by atoms with Crippen LogP contribution in [0.4, 0.5) is 5.82 Å². The molecule has 1 aromatic heterocycles. The predicted molar refractivity (Wildman–Crippen MR) is 77.3 cm³/mol. The Bertz CT molecular complexity index is 552. The van der Waals surface area contributed by atoms with E-state index in [4.69, 9.17) is 11.6 Å². The van der Waals surface area contributed by atoms with Gasteiger partial charge in [-0.2, -0.15) is 0 Å². The van der Waals surface area contributed by atoms with E-state index >= 15 is 0 Å². The number of nitrogens with zero attached hydrogens (tertiary/aromatic N) is 2. The van der Waals surface area contributed by atoms with Crippen molar-refractivity contribution >= 4 is 28.5 Å². The molecule has 18 heavy (non-hydrogen) atoms. The van der Waals surface area contributed by atoms with Gasteiger partial charge in [0.1, 0.15) is 5.82 Å². The molecule has 0 saturated heterocycles. The highest BCUT2D eigenvalue weighted by Crippen LogP contribution is 2.21. The topological polar surface area (TPSA) is 37.8 Å². The molecule has 0 saturated carbocycles. The van der Waals surface area contributed by atoms with Crippen LogP contribution in [0.2, 0.25) is 0 Å². The number of anilines is 1. The first-order chi connectivity index (χ1) is 8.52. The molecule has 0 aliphatic rings. The molecule has 3 nitrogen and oxygen atoms in total. The van der Waals surface area contributed by atoms with Crippen LogP contribution in [-0.2, 0) is 0 Å². The van der Waals surface area contributed by atoms with Gasteiger partial charge in [0.05, 0.1) is 16.7 Å². The molecule has 2 rings (SSSR count). The summed E-state index contributed by atoms with van der Waals surface area (Å²) in [6.07, 6.45) is 0.877. The molecular weight excluding hydrogens is 246 g/mol. The van der Waals surface area contributed by atoms with Crippen LogP contribution in [0.15, 0.2) is 24.3 Å². The minimum atomic E-state index is -0.0797. The molecule has 0 amide bonds. The lowest BCUT2D eigenvalue weighted by Gasteiger charge is -2.26. The molecule has 1 aromatic carbocycles. The Hall–Kier alpha value is -1.35. The molecule has 1 N–H and O–H groups in total. The number of para-hydroxylation sites is 2. The highest BCUT2D eigenvalue weighted by Gasteiger charge is 2.18. The van der Waals surface area contributed by atoms with Gasteiger partial charge in [0.25, 0.3) is 0 Å². The zero-order chi connectivity index (χ0) is 13.2. The summed E-state index contributed by atoms with van der Waals surface area (Å²) in [4.78, 5) is 9.19. The van der Waals surface area contributed by atoms with Crippen LogP contribution in [0.3, 0.4) is 0 Å². The first-order valence-electron chi connectivity index (χ1n) is 6.09. The quantitative estimate of drug-likeness (QED) is 0.854. The normalized spacial score (nSPS) is 11.8. The molecule has 0 atom stereocenters. The second-order valence-electron chi connectivity index (χ2n) is 5.09. The van der Waals surface area contributed by atoms with Crippen molar-refractivity contribution in [3.63, 3.8) is 0 Å². The van der Waals surface area contributed by atoms with E-state index in [1.165, 1.54) is 0 Å². The summed E-state index contributed by atoms with van der Waals surface area (Å²) >= 11 is 5.81. The summed E-state index contributed by atoms with van der Waals surface area (Å²) in [5.74, 6) is 1.46. The number of rotatable bonds is 4. The summed E-state index contributed by atoms with van der Waals surface area (Å²) in [6.45, 7) is 6.20. The monoisotopic (exact) mass is 263 g/mol. The molecule has 4 heteroatoms. The largest absolute Gasteiger partial charge is 0.364 e. The van der Waals surface area contributed by atoms with Crippen molar-refractivity contribution in [3.05, 3.63) is 30.0 Å². The number of halogens is 1. The third-order valence-corrected chi connectivity index (χ3v) is 3.11. The van der Waals surface area contributed by atoms with Crippen LogP contribution in [0.1, 0.15) is 26.0 Å². The Morgan fingerprint density at radius 1 is 1.17 bits per heavy atom. The Kier molecular flexibility index (Phi) is 3.71. The average Bonchev–Trinajstić information content (AvgIpc) is 2.29. The maximum Gasteiger partial charge on any atom is 0.148 e. The SMILES string of the molecule is Cc1nc2ccccc2nc1NC(C)(C)CCCl. The molecular formula is C14H18ClN3. The lowest BCUT2D eigenvalue weighted by molar-refractivity contribution is 0.547. The first kappa shape index (κ1) is 13.1. The smallest absolute Gasteiger partial charge is 0.148 e. The second kappa shape index (κ2) is 5.11. The van der Waals surface area contributed by atoms with Crippen LogP contribution < -0.4 is 5.32 Å². The van der Waals surface area contributed by atoms with Gasteiger partial charge in [0, 0.05) is 11.4 Å². The van der Waals surface area contributed by atoms with Crippen molar-refractivity contribution in [2.45, 2.75) is 32.7 Å². The van der Waals surface area contributed by atoms with Crippen molar-refractivity contribution in [2.75, 3.05) is 11.2 Å². The van der Waals surface area contributed by atoms with Crippen molar-refractivity contribution in [1.82, 2.24) is 9.97 Å². The first-order valence-corrected chi connectivity index (χ1v) is 6.63. The average molecular weight is 264 g/mol. The van der Waals surface area contributed by atoms with Gasteiger partial charge < -0.3 is 5.32 Å². The van der Waals surface area contributed by atoms with Gasteiger partial charge in [-0.15, -0.1) is 11.6 Å². The molecule has 0 radical (unpaired) electrons. The van der Waals surface area contributed by atoms with Gasteiger partial charge in [0.2, 0.25) is 0 Å². The molecule has 0 spiro atoms. The maximum absolute atomic E-state index is 5.81. The van der Waals surface area contributed by atoms with Crippen LogP contribution in [0.5, 0.6) is 0 Å². The standard InChI is InChI=1S/C14H18ClN3/c1-10-13(18-14(2,3)8-9-15)17-12-7-5-4-6-11(12)16-10/h4-7H,8-9H2,1-3H3,(H,17,18). The molecule has 0 fully saturated rings. The Morgan fingerprint density at radius 2 is 1.78 bits per heavy atom. The zero-order valence-corrected chi connectivity index (χ0v) is 11.8. The number of hydrogen-bond acceptors (Lipinski definition) is 3. The molecule has 0 aliphatic carbocycles. The van der Waals surface area contributed by atoms with Gasteiger partial charge in [-0.1, -0.05) is 12.1 Å². The molecule has 2 aromatic rings.